The summed E-state index contributed by atoms with van der Waals surface area (Å²) < 4.78 is 10.6. The van der Waals surface area contributed by atoms with Crippen molar-refractivity contribution in [2.75, 3.05) is 21.3 Å². The standard InChI is InChI=1S/C20H26N2O3/c1-15(20(23)21-13-16-8-6-5-7-9-16)22(2)14-17-10-11-18(24-3)12-19(17)25-4/h5-12,15H,13-14H2,1-4H3,(H,21,23)/t15-/m1/s1. The molecule has 0 saturated carbocycles. The number of amides is 1. The van der Waals surface area contributed by atoms with Gasteiger partial charge in [0.2, 0.25) is 5.91 Å². The number of hydrogen-bond acceptors (Lipinski definition) is 4. The SMILES string of the molecule is COc1ccc(CN(C)[C@H](C)C(=O)NCc2ccccc2)c(OC)c1. The molecule has 1 atom stereocenters. The topological polar surface area (TPSA) is 50.8 Å². The lowest BCUT2D eigenvalue weighted by Crippen LogP contribution is -2.42. The van der Waals surface area contributed by atoms with Gasteiger partial charge in [0, 0.05) is 24.7 Å². The van der Waals surface area contributed by atoms with Crippen LogP contribution in [0.5, 0.6) is 11.5 Å². The molecule has 0 aliphatic heterocycles. The fourth-order valence-corrected chi connectivity index (χ4v) is 2.52. The van der Waals surface area contributed by atoms with Crippen LogP contribution in [0.4, 0.5) is 0 Å². The molecule has 0 aromatic heterocycles. The zero-order valence-corrected chi connectivity index (χ0v) is 15.3. The Morgan fingerprint density at radius 1 is 1.12 bits per heavy atom. The number of likely N-dealkylation sites (N-methyl/N-ethyl adjacent to an activating group) is 1. The third kappa shape index (κ3) is 5.22. The van der Waals surface area contributed by atoms with E-state index < -0.39 is 0 Å². The Hall–Kier alpha value is -2.53. The Labute approximate surface area is 149 Å². The van der Waals surface area contributed by atoms with Gasteiger partial charge in [-0.15, -0.1) is 0 Å². The van der Waals surface area contributed by atoms with Gasteiger partial charge in [-0.1, -0.05) is 36.4 Å². The highest BCUT2D eigenvalue weighted by Gasteiger charge is 2.19. The van der Waals surface area contributed by atoms with Gasteiger partial charge in [-0.25, -0.2) is 0 Å². The van der Waals surface area contributed by atoms with Crippen molar-refractivity contribution < 1.29 is 14.3 Å². The van der Waals surface area contributed by atoms with Crippen molar-refractivity contribution in [2.45, 2.75) is 26.1 Å². The molecule has 25 heavy (non-hydrogen) atoms. The lowest BCUT2D eigenvalue weighted by atomic mass is 10.1. The smallest absolute Gasteiger partial charge is 0.237 e. The number of methoxy groups -OCH3 is 2. The number of carbonyl (C=O) groups excluding carboxylic acids is 1. The quantitative estimate of drug-likeness (QED) is 0.801. The van der Waals surface area contributed by atoms with Crippen LogP contribution in [-0.4, -0.2) is 38.1 Å². The fourth-order valence-electron chi connectivity index (χ4n) is 2.52. The van der Waals surface area contributed by atoms with E-state index in [1.165, 1.54) is 0 Å². The number of carbonyl (C=O) groups is 1. The fraction of sp³-hybridized carbons (Fsp3) is 0.350. The van der Waals surface area contributed by atoms with E-state index in [2.05, 4.69) is 5.32 Å². The molecule has 0 unspecified atom stereocenters. The molecular formula is C20H26N2O3. The minimum absolute atomic E-state index is 0.00108. The van der Waals surface area contributed by atoms with E-state index in [1.54, 1.807) is 14.2 Å². The van der Waals surface area contributed by atoms with Crippen molar-refractivity contribution >= 4 is 5.91 Å². The van der Waals surface area contributed by atoms with Gasteiger partial charge in [0.1, 0.15) is 11.5 Å². The van der Waals surface area contributed by atoms with Crippen LogP contribution in [0.2, 0.25) is 0 Å². The van der Waals surface area contributed by atoms with Gasteiger partial charge in [-0.05, 0) is 25.6 Å². The van der Waals surface area contributed by atoms with Crippen molar-refractivity contribution in [3.05, 3.63) is 59.7 Å². The summed E-state index contributed by atoms with van der Waals surface area (Å²) in [5.74, 6) is 1.50. The summed E-state index contributed by atoms with van der Waals surface area (Å²) in [7, 11) is 5.18. The summed E-state index contributed by atoms with van der Waals surface area (Å²) in [6, 6.07) is 15.3. The normalized spacial score (nSPS) is 11.9. The highest BCUT2D eigenvalue weighted by atomic mass is 16.5. The van der Waals surface area contributed by atoms with Crippen LogP contribution < -0.4 is 14.8 Å². The molecule has 0 heterocycles. The summed E-state index contributed by atoms with van der Waals surface area (Å²) in [5, 5.41) is 2.98. The van der Waals surface area contributed by atoms with Crippen molar-refractivity contribution in [3.63, 3.8) is 0 Å². The van der Waals surface area contributed by atoms with E-state index in [0.29, 0.717) is 13.1 Å². The van der Waals surface area contributed by atoms with Gasteiger partial charge >= 0.3 is 0 Å². The first-order valence-corrected chi connectivity index (χ1v) is 8.28. The molecular weight excluding hydrogens is 316 g/mol. The molecule has 134 valence electrons. The maximum Gasteiger partial charge on any atom is 0.237 e. The molecule has 1 amide bonds. The Balaban J connectivity index is 1.95. The number of rotatable bonds is 8. The zero-order chi connectivity index (χ0) is 18.2. The molecule has 1 N–H and O–H groups in total. The monoisotopic (exact) mass is 342 g/mol. The van der Waals surface area contributed by atoms with E-state index in [-0.39, 0.29) is 11.9 Å². The Morgan fingerprint density at radius 3 is 2.48 bits per heavy atom. The number of hydrogen-bond donors (Lipinski definition) is 1. The van der Waals surface area contributed by atoms with Crippen LogP contribution in [0.15, 0.2) is 48.5 Å². The average molecular weight is 342 g/mol. The largest absolute Gasteiger partial charge is 0.497 e. The number of nitrogens with one attached hydrogen (secondary N) is 1. The van der Waals surface area contributed by atoms with Crippen LogP contribution in [0, 0.1) is 0 Å². The Bertz CT molecular complexity index is 689. The van der Waals surface area contributed by atoms with Gasteiger partial charge in [-0.3, -0.25) is 9.69 Å². The third-order valence-corrected chi connectivity index (χ3v) is 4.26. The summed E-state index contributed by atoms with van der Waals surface area (Å²) in [5.41, 5.74) is 2.09. The van der Waals surface area contributed by atoms with Gasteiger partial charge < -0.3 is 14.8 Å². The molecule has 0 aliphatic rings. The number of benzene rings is 2. The molecule has 5 nitrogen and oxygen atoms in total. The molecule has 0 aliphatic carbocycles. The van der Waals surface area contributed by atoms with Gasteiger partial charge in [0.15, 0.2) is 0 Å². The highest BCUT2D eigenvalue weighted by Crippen LogP contribution is 2.25. The second-order valence-electron chi connectivity index (χ2n) is 5.97. The molecule has 2 aromatic carbocycles. The first-order chi connectivity index (χ1) is 12.0. The van der Waals surface area contributed by atoms with E-state index >= 15 is 0 Å². The van der Waals surface area contributed by atoms with Crippen molar-refractivity contribution in [1.82, 2.24) is 10.2 Å². The Morgan fingerprint density at radius 2 is 1.84 bits per heavy atom. The lowest BCUT2D eigenvalue weighted by molar-refractivity contribution is -0.125. The Kier molecular flexibility index (Phi) is 6.83. The van der Waals surface area contributed by atoms with Crippen LogP contribution >= 0.6 is 0 Å². The van der Waals surface area contributed by atoms with Crippen molar-refractivity contribution in [2.24, 2.45) is 0 Å². The van der Waals surface area contributed by atoms with Crippen LogP contribution in [0.1, 0.15) is 18.1 Å². The van der Waals surface area contributed by atoms with Crippen LogP contribution in [0.25, 0.3) is 0 Å². The minimum atomic E-state index is -0.254. The predicted octanol–water partition coefficient (Wildman–Crippen LogP) is 2.84. The first-order valence-electron chi connectivity index (χ1n) is 8.28. The molecule has 2 aromatic rings. The van der Waals surface area contributed by atoms with Crippen molar-refractivity contribution in [3.8, 4) is 11.5 Å². The summed E-state index contributed by atoms with van der Waals surface area (Å²) >= 11 is 0. The molecule has 0 bridgehead atoms. The zero-order valence-electron chi connectivity index (χ0n) is 15.3. The van der Waals surface area contributed by atoms with Crippen molar-refractivity contribution in [1.29, 1.82) is 0 Å². The summed E-state index contributed by atoms with van der Waals surface area (Å²) in [6.45, 7) is 3.03. The molecule has 0 spiro atoms. The third-order valence-electron chi connectivity index (χ3n) is 4.26. The number of ether oxygens (including phenoxy) is 2. The average Bonchev–Trinajstić information content (AvgIpc) is 2.66. The first kappa shape index (κ1) is 18.8. The molecule has 0 fully saturated rings. The maximum atomic E-state index is 12.4. The van der Waals surface area contributed by atoms with Crippen LogP contribution in [-0.2, 0) is 17.9 Å². The summed E-state index contributed by atoms with van der Waals surface area (Å²) in [6.07, 6.45) is 0. The molecule has 0 radical (unpaired) electrons. The van der Waals surface area contributed by atoms with E-state index in [0.717, 1.165) is 22.6 Å². The molecule has 2 rings (SSSR count). The second kappa shape index (κ2) is 9.08. The lowest BCUT2D eigenvalue weighted by Gasteiger charge is -2.25. The second-order valence-corrected chi connectivity index (χ2v) is 5.97. The van der Waals surface area contributed by atoms with Gasteiger partial charge in [0.25, 0.3) is 0 Å². The molecule has 5 heteroatoms. The predicted molar refractivity (Wildman–Crippen MR) is 98.8 cm³/mol. The van der Waals surface area contributed by atoms with Gasteiger partial charge in [0.05, 0.1) is 20.3 Å². The molecule has 0 saturated heterocycles. The highest BCUT2D eigenvalue weighted by molar-refractivity contribution is 5.81. The maximum absolute atomic E-state index is 12.4. The minimum Gasteiger partial charge on any atom is -0.497 e. The van der Waals surface area contributed by atoms with Gasteiger partial charge in [-0.2, -0.15) is 0 Å². The van der Waals surface area contributed by atoms with E-state index in [1.807, 2.05) is 67.4 Å². The summed E-state index contributed by atoms with van der Waals surface area (Å²) in [4.78, 5) is 14.4. The van der Waals surface area contributed by atoms with E-state index in [4.69, 9.17) is 9.47 Å². The van der Waals surface area contributed by atoms with E-state index in [9.17, 15) is 4.79 Å². The number of nitrogens with zero attached hydrogens (tertiary/aromatic N) is 1. The van der Waals surface area contributed by atoms with Crippen LogP contribution in [0.3, 0.4) is 0 Å².